The van der Waals surface area contributed by atoms with Gasteiger partial charge in [-0.1, -0.05) is 12.1 Å². The Morgan fingerprint density at radius 3 is 3.06 bits per heavy atom. The normalized spacial score (nSPS) is 14.4. The van der Waals surface area contributed by atoms with E-state index in [1.807, 2.05) is 0 Å². The molecule has 0 saturated carbocycles. The van der Waals surface area contributed by atoms with Gasteiger partial charge in [0.2, 0.25) is 0 Å². The summed E-state index contributed by atoms with van der Waals surface area (Å²) >= 11 is 5.70. The SMILES string of the molecule is CN(CCCCl)CCc1ccc2c(c1)CCCO2. The first-order valence-corrected chi connectivity index (χ1v) is 7.32. The molecule has 18 heavy (non-hydrogen) atoms. The summed E-state index contributed by atoms with van der Waals surface area (Å²) in [7, 11) is 2.16. The molecule has 100 valence electrons. The third-order valence-corrected chi connectivity index (χ3v) is 3.70. The molecule has 2 nitrogen and oxygen atoms in total. The van der Waals surface area contributed by atoms with Crippen LogP contribution in [0.4, 0.5) is 0 Å². The lowest BCUT2D eigenvalue weighted by molar-refractivity contribution is 0.288. The highest BCUT2D eigenvalue weighted by Crippen LogP contribution is 2.25. The number of halogens is 1. The van der Waals surface area contributed by atoms with Crippen LogP contribution < -0.4 is 4.74 Å². The van der Waals surface area contributed by atoms with Crippen LogP contribution in [0.1, 0.15) is 24.0 Å². The standard InChI is InChI=1S/C15H22ClNO/c1-17(9-3-8-16)10-7-13-5-6-15-14(12-13)4-2-11-18-15/h5-6,12H,2-4,7-11H2,1H3. The molecular formula is C15H22ClNO. The Morgan fingerprint density at radius 2 is 2.22 bits per heavy atom. The van der Waals surface area contributed by atoms with Gasteiger partial charge in [0.25, 0.3) is 0 Å². The molecule has 3 heteroatoms. The summed E-state index contributed by atoms with van der Waals surface area (Å²) in [6.45, 7) is 3.04. The maximum Gasteiger partial charge on any atom is 0.122 e. The van der Waals surface area contributed by atoms with E-state index in [1.54, 1.807) is 0 Å². The van der Waals surface area contributed by atoms with Gasteiger partial charge in [-0.3, -0.25) is 0 Å². The lowest BCUT2D eigenvalue weighted by Crippen LogP contribution is -2.22. The molecule has 0 N–H and O–H groups in total. The second-order valence-electron chi connectivity index (χ2n) is 4.99. The van der Waals surface area contributed by atoms with Crippen molar-refractivity contribution >= 4 is 11.6 Å². The molecule has 0 radical (unpaired) electrons. The number of hydrogen-bond acceptors (Lipinski definition) is 2. The summed E-state index contributed by atoms with van der Waals surface area (Å²) in [6.07, 6.45) is 4.47. The lowest BCUT2D eigenvalue weighted by atomic mass is 10.0. The van der Waals surface area contributed by atoms with E-state index in [2.05, 4.69) is 30.1 Å². The number of aryl methyl sites for hydroxylation is 1. The second-order valence-corrected chi connectivity index (χ2v) is 5.37. The Kier molecular flexibility index (Phi) is 5.33. The number of likely N-dealkylation sites (N-methyl/N-ethyl adjacent to an activating group) is 1. The van der Waals surface area contributed by atoms with Crippen LogP contribution in [0.15, 0.2) is 18.2 Å². The van der Waals surface area contributed by atoms with Gasteiger partial charge in [-0.15, -0.1) is 11.6 Å². The fourth-order valence-electron chi connectivity index (χ4n) is 2.33. The molecule has 1 aliphatic heterocycles. The van der Waals surface area contributed by atoms with Gasteiger partial charge in [-0.2, -0.15) is 0 Å². The van der Waals surface area contributed by atoms with Crippen LogP contribution in [0.2, 0.25) is 0 Å². The first-order chi connectivity index (χ1) is 8.79. The second kappa shape index (κ2) is 7.01. The smallest absolute Gasteiger partial charge is 0.122 e. The molecule has 0 bridgehead atoms. The summed E-state index contributed by atoms with van der Waals surface area (Å²) < 4.78 is 5.63. The average Bonchev–Trinajstić information content (AvgIpc) is 2.42. The predicted molar refractivity (Wildman–Crippen MR) is 76.8 cm³/mol. The van der Waals surface area contributed by atoms with Gasteiger partial charge in [0.15, 0.2) is 0 Å². The van der Waals surface area contributed by atoms with E-state index in [0.717, 1.165) is 57.0 Å². The van der Waals surface area contributed by atoms with E-state index in [-0.39, 0.29) is 0 Å². The summed E-state index contributed by atoms with van der Waals surface area (Å²) in [6, 6.07) is 6.63. The molecule has 0 saturated heterocycles. The minimum Gasteiger partial charge on any atom is -0.493 e. The number of benzene rings is 1. The van der Waals surface area contributed by atoms with Crippen molar-refractivity contribution in [1.29, 1.82) is 0 Å². The minimum atomic E-state index is 0.751. The quantitative estimate of drug-likeness (QED) is 0.735. The summed E-state index contributed by atoms with van der Waals surface area (Å²) in [5.74, 6) is 1.83. The molecule has 0 fully saturated rings. The van der Waals surface area contributed by atoms with E-state index in [0.29, 0.717) is 0 Å². The van der Waals surface area contributed by atoms with E-state index in [9.17, 15) is 0 Å². The number of rotatable bonds is 6. The van der Waals surface area contributed by atoms with E-state index in [1.165, 1.54) is 11.1 Å². The molecule has 0 amide bonds. The molecule has 1 heterocycles. The maximum atomic E-state index is 5.70. The van der Waals surface area contributed by atoms with Crippen molar-refractivity contribution in [3.05, 3.63) is 29.3 Å². The van der Waals surface area contributed by atoms with Gasteiger partial charge in [0.1, 0.15) is 5.75 Å². The van der Waals surface area contributed by atoms with Crippen LogP contribution >= 0.6 is 11.6 Å². The van der Waals surface area contributed by atoms with Gasteiger partial charge in [-0.05, 0) is 56.5 Å². The van der Waals surface area contributed by atoms with Crippen molar-refractivity contribution in [2.24, 2.45) is 0 Å². The van der Waals surface area contributed by atoms with Crippen molar-refractivity contribution in [1.82, 2.24) is 4.90 Å². The van der Waals surface area contributed by atoms with Crippen molar-refractivity contribution in [3.63, 3.8) is 0 Å². The molecular weight excluding hydrogens is 246 g/mol. The summed E-state index contributed by atoms with van der Waals surface area (Å²) in [4.78, 5) is 2.35. The van der Waals surface area contributed by atoms with Gasteiger partial charge in [-0.25, -0.2) is 0 Å². The molecule has 0 aliphatic carbocycles. The summed E-state index contributed by atoms with van der Waals surface area (Å²) in [5, 5.41) is 0. The Bertz CT molecular complexity index is 381. The molecule has 1 aromatic rings. The van der Waals surface area contributed by atoms with Crippen LogP contribution in [-0.2, 0) is 12.8 Å². The third-order valence-electron chi connectivity index (χ3n) is 3.43. The van der Waals surface area contributed by atoms with Crippen molar-refractivity contribution in [2.45, 2.75) is 25.7 Å². The Labute approximate surface area is 115 Å². The monoisotopic (exact) mass is 267 g/mol. The van der Waals surface area contributed by atoms with Crippen LogP contribution in [0.3, 0.4) is 0 Å². The largest absolute Gasteiger partial charge is 0.493 e. The van der Waals surface area contributed by atoms with Crippen molar-refractivity contribution < 1.29 is 4.74 Å². The number of hydrogen-bond donors (Lipinski definition) is 0. The summed E-state index contributed by atoms with van der Waals surface area (Å²) in [5.41, 5.74) is 2.79. The zero-order valence-corrected chi connectivity index (χ0v) is 11.9. The van der Waals surface area contributed by atoms with Crippen LogP contribution in [0.5, 0.6) is 5.75 Å². The molecule has 0 spiro atoms. The van der Waals surface area contributed by atoms with E-state index >= 15 is 0 Å². The Hall–Kier alpha value is -0.730. The fourth-order valence-corrected chi connectivity index (χ4v) is 2.45. The number of fused-ring (bicyclic) bond motifs is 1. The van der Waals surface area contributed by atoms with E-state index < -0.39 is 0 Å². The average molecular weight is 268 g/mol. The number of alkyl halides is 1. The first kappa shape index (κ1) is 13.7. The van der Waals surface area contributed by atoms with Gasteiger partial charge in [0.05, 0.1) is 6.61 Å². The van der Waals surface area contributed by atoms with Gasteiger partial charge < -0.3 is 9.64 Å². The topological polar surface area (TPSA) is 12.5 Å². The third kappa shape index (κ3) is 3.89. The first-order valence-electron chi connectivity index (χ1n) is 6.78. The highest BCUT2D eigenvalue weighted by molar-refractivity contribution is 6.17. The molecule has 0 aromatic heterocycles. The molecule has 2 rings (SSSR count). The molecule has 1 aliphatic rings. The predicted octanol–water partition coefficient (Wildman–Crippen LogP) is 3.11. The van der Waals surface area contributed by atoms with Crippen molar-refractivity contribution in [3.8, 4) is 5.75 Å². The highest BCUT2D eigenvalue weighted by Gasteiger charge is 2.10. The minimum absolute atomic E-state index is 0.751. The molecule has 0 unspecified atom stereocenters. The van der Waals surface area contributed by atoms with Crippen LogP contribution in [0.25, 0.3) is 0 Å². The van der Waals surface area contributed by atoms with E-state index in [4.69, 9.17) is 16.3 Å². The van der Waals surface area contributed by atoms with Crippen LogP contribution in [-0.4, -0.2) is 37.5 Å². The van der Waals surface area contributed by atoms with Crippen molar-refractivity contribution in [2.75, 3.05) is 32.6 Å². The van der Waals surface area contributed by atoms with Gasteiger partial charge >= 0.3 is 0 Å². The Balaban J connectivity index is 1.86. The number of ether oxygens (including phenoxy) is 1. The van der Waals surface area contributed by atoms with Crippen LogP contribution in [0, 0.1) is 0 Å². The molecule has 0 atom stereocenters. The maximum absolute atomic E-state index is 5.70. The van der Waals surface area contributed by atoms with Gasteiger partial charge in [0, 0.05) is 12.4 Å². The molecule has 1 aromatic carbocycles. The zero-order chi connectivity index (χ0) is 12.8. The zero-order valence-electron chi connectivity index (χ0n) is 11.1. The Morgan fingerprint density at radius 1 is 1.33 bits per heavy atom. The highest BCUT2D eigenvalue weighted by atomic mass is 35.5. The number of nitrogens with zero attached hydrogens (tertiary/aromatic N) is 1. The lowest BCUT2D eigenvalue weighted by Gasteiger charge is -2.19. The fraction of sp³-hybridized carbons (Fsp3) is 0.600.